The minimum Gasteiger partial charge on any atom is -0.481 e. The van der Waals surface area contributed by atoms with Crippen molar-refractivity contribution in [3.63, 3.8) is 0 Å². The zero-order valence-corrected chi connectivity index (χ0v) is 14.0. The first-order valence-electron chi connectivity index (χ1n) is 8.84. The molecule has 0 aromatic carbocycles. The monoisotopic (exact) mass is 340 g/mol. The predicted octanol–water partition coefficient (Wildman–Crippen LogP) is 1.18. The third-order valence-electron chi connectivity index (χ3n) is 5.96. The highest BCUT2D eigenvalue weighted by molar-refractivity contribution is 5.84. The second-order valence-corrected chi connectivity index (χ2v) is 7.40. The summed E-state index contributed by atoms with van der Waals surface area (Å²) in [4.78, 5) is 33.6. The first-order chi connectivity index (χ1) is 12.1. The van der Waals surface area contributed by atoms with Crippen LogP contribution in [0.4, 0.5) is 11.8 Å². The molecule has 1 saturated carbocycles. The van der Waals surface area contributed by atoms with Crippen LogP contribution in [0.5, 0.6) is 0 Å². The molecule has 0 unspecified atom stereocenters. The lowest BCUT2D eigenvalue weighted by atomic mass is 10.1. The van der Waals surface area contributed by atoms with Crippen molar-refractivity contribution in [3.05, 3.63) is 12.4 Å². The number of hydrogen-bond donors (Lipinski definition) is 1. The van der Waals surface area contributed by atoms with Gasteiger partial charge < -0.3 is 14.9 Å². The molecule has 25 heavy (non-hydrogen) atoms. The Hall–Kier alpha value is -2.51. The van der Waals surface area contributed by atoms with E-state index in [9.17, 15) is 4.79 Å². The van der Waals surface area contributed by atoms with Crippen LogP contribution >= 0.6 is 0 Å². The van der Waals surface area contributed by atoms with Crippen LogP contribution in [0, 0.1) is 17.8 Å². The zero-order chi connectivity index (χ0) is 17.1. The Kier molecular flexibility index (Phi) is 3.10. The van der Waals surface area contributed by atoms with Gasteiger partial charge in [0.1, 0.15) is 0 Å². The van der Waals surface area contributed by atoms with Gasteiger partial charge in [-0.3, -0.25) is 4.79 Å². The molecule has 4 heterocycles. The van der Waals surface area contributed by atoms with Gasteiger partial charge in [-0.25, -0.2) is 9.97 Å². The van der Waals surface area contributed by atoms with Crippen molar-refractivity contribution in [2.24, 2.45) is 17.8 Å². The molecule has 1 aliphatic carbocycles. The van der Waals surface area contributed by atoms with Crippen molar-refractivity contribution in [1.82, 2.24) is 19.9 Å². The molecule has 0 amide bonds. The van der Waals surface area contributed by atoms with Gasteiger partial charge in [0.15, 0.2) is 17.0 Å². The Bertz CT molecular complexity index is 846. The van der Waals surface area contributed by atoms with Crippen molar-refractivity contribution >= 4 is 28.9 Å². The Labute approximate surface area is 144 Å². The van der Waals surface area contributed by atoms with E-state index in [1.807, 2.05) is 0 Å². The van der Waals surface area contributed by atoms with Gasteiger partial charge in [0.05, 0.1) is 0 Å². The Morgan fingerprint density at radius 2 is 2.00 bits per heavy atom. The van der Waals surface area contributed by atoms with E-state index in [4.69, 9.17) is 10.1 Å². The SMILES string of the molecule is C[C@H]1CCN1c1nc(N2C[C@@H]3[C@@H](CC(=O)O)[C@@H]3C2)c2nccnc2n1. The molecule has 2 aliphatic heterocycles. The number of hydrogen-bond acceptors (Lipinski definition) is 7. The van der Waals surface area contributed by atoms with Gasteiger partial charge in [-0.05, 0) is 31.1 Å². The standard InChI is InChI=1S/C17H20N6O2/c1-9-2-5-23(9)17-20-15-14(18-3-4-19-15)16(21-17)22-7-11-10(6-13(24)25)12(11)8-22/h3-4,9-12H,2,5-8H2,1H3,(H,24,25)/t9-,10-,11-,12+/m0/s1. The molecule has 2 saturated heterocycles. The molecule has 0 spiro atoms. The van der Waals surface area contributed by atoms with E-state index < -0.39 is 5.97 Å². The largest absolute Gasteiger partial charge is 0.481 e. The van der Waals surface area contributed by atoms with Gasteiger partial charge in [-0.15, -0.1) is 0 Å². The summed E-state index contributed by atoms with van der Waals surface area (Å²) < 4.78 is 0. The molecule has 0 bridgehead atoms. The van der Waals surface area contributed by atoms with Crippen LogP contribution in [0.3, 0.4) is 0 Å². The van der Waals surface area contributed by atoms with E-state index >= 15 is 0 Å². The lowest BCUT2D eigenvalue weighted by Crippen LogP contribution is -2.46. The molecule has 3 aliphatic rings. The highest BCUT2D eigenvalue weighted by Gasteiger charge is 2.56. The van der Waals surface area contributed by atoms with Crippen LogP contribution in [0.15, 0.2) is 12.4 Å². The third-order valence-corrected chi connectivity index (χ3v) is 5.96. The van der Waals surface area contributed by atoms with E-state index in [0.29, 0.717) is 29.4 Å². The fraction of sp³-hybridized carbons (Fsp3) is 0.588. The van der Waals surface area contributed by atoms with Crippen LogP contribution in [0.2, 0.25) is 0 Å². The number of carboxylic acid groups (broad SMARTS) is 1. The second kappa shape index (κ2) is 5.24. The maximum Gasteiger partial charge on any atom is 0.303 e. The summed E-state index contributed by atoms with van der Waals surface area (Å²) >= 11 is 0. The summed E-state index contributed by atoms with van der Waals surface area (Å²) in [6.07, 6.45) is 4.77. The van der Waals surface area contributed by atoms with Crippen LogP contribution in [0.1, 0.15) is 19.8 Å². The quantitative estimate of drug-likeness (QED) is 0.886. The molecule has 0 radical (unpaired) electrons. The summed E-state index contributed by atoms with van der Waals surface area (Å²) in [7, 11) is 0. The second-order valence-electron chi connectivity index (χ2n) is 7.40. The fourth-order valence-corrected chi connectivity index (χ4v) is 4.33. The van der Waals surface area contributed by atoms with Crippen LogP contribution in [-0.4, -0.2) is 56.7 Å². The minimum absolute atomic E-state index is 0.282. The van der Waals surface area contributed by atoms with Crippen molar-refractivity contribution < 1.29 is 9.90 Å². The average molecular weight is 340 g/mol. The minimum atomic E-state index is -0.696. The number of carboxylic acids is 1. The summed E-state index contributed by atoms with van der Waals surface area (Å²) in [5.74, 6) is 2.12. The van der Waals surface area contributed by atoms with Crippen molar-refractivity contribution in [2.45, 2.75) is 25.8 Å². The maximum atomic E-state index is 10.9. The molecular weight excluding hydrogens is 320 g/mol. The number of fused-ring (bicyclic) bond motifs is 2. The molecule has 1 N–H and O–H groups in total. The highest BCUT2D eigenvalue weighted by Crippen LogP contribution is 2.54. The molecular formula is C17H20N6O2. The predicted molar refractivity (Wildman–Crippen MR) is 91.5 cm³/mol. The summed E-state index contributed by atoms with van der Waals surface area (Å²) in [5, 5.41) is 9.00. The number of anilines is 2. The smallest absolute Gasteiger partial charge is 0.303 e. The van der Waals surface area contributed by atoms with E-state index in [0.717, 1.165) is 43.3 Å². The molecule has 2 aromatic heterocycles. The molecule has 4 atom stereocenters. The molecule has 8 nitrogen and oxygen atoms in total. The van der Waals surface area contributed by atoms with E-state index in [-0.39, 0.29) is 6.42 Å². The number of carbonyl (C=O) groups is 1. The normalized spacial score (nSPS) is 30.3. The fourth-order valence-electron chi connectivity index (χ4n) is 4.33. The molecule has 130 valence electrons. The van der Waals surface area contributed by atoms with Gasteiger partial charge in [-0.2, -0.15) is 9.97 Å². The number of piperidine rings is 1. The van der Waals surface area contributed by atoms with E-state index in [2.05, 4.69) is 31.7 Å². The molecule has 5 rings (SSSR count). The Balaban J connectivity index is 1.46. The lowest BCUT2D eigenvalue weighted by Gasteiger charge is -2.39. The van der Waals surface area contributed by atoms with Crippen molar-refractivity contribution in [3.8, 4) is 0 Å². The van der Waals surface area contributed by atoms with Crippen LogP contribution in [-0.2, 0) is 4.79 Å². The number of rotatable bonds is 4. The number of aromatic nitrogens is 4. The van der Waals surface area contributed by atoms with Crippen molar-refractivity contribution in [2.75, 3.05) is 29.4 Å². The molecule has 8 heteroatoms. The van der Waals surface area contributed by atoms with Gasteiger partial charge >= 0.3 is 5.97 Å². The van der Waals surface area contributed by atoms with Crippen LogP contribution in [0.25, 0.3) is 11.2 Å². The van der Waals surface area contributed by atoms with E-state index in [1.165, 1.54) is 0 Å². The van der Waals surface area contributed by atoms with Gasteiger partial charge in [0.25, 0.3) is 0 Å². The van der Waals surface area contributed by atoms with E-state index in [1.54, 1.807) is 12.4 Å². The lowest BCUT2D eigenvalue weighted by molar-refractivity contribution is -0.137. The van der Waals surface area contributed by atoms with Gasteiger partial charge in [0, 0.05) is 44.5 Å². The van der Waals surface area contributed by atoms with Gasteiger partial charge in [-0.1, -0.05) is 0 Å². The number of aliphatic carboxylic acids is 1. The zero-order valence-electron chi connectivity index (χ0n) is 14.0. The Morgan fingerprint density at radius 1 is 1.24 bits per heavy atom. The molecule has 3 fully saturated rings. The topological polar surface area (TPSA) is 95.3 Å². The summed E-state index contributed by atoms with van der Waals surface area (Å²) in [6.45, 7) is 4.84. The average Bonchev–Trinajstić information content (AvgIpc) is 3.03. The molecule has 2 aromatic rings. The van der Waals surface area contributed by atoms with Crippen molar-refractivity contribution in [1.29, 1.82) is 0 Å². The van der Waals surface area contributed by atoms with Crippen LogP contribution < -0.4 is 9.80 Å². The number of nitrogens with zero attached hydrogens (tertiary/aromatic N) is 6. The third kappa shape index (κ3) is 2.31. The Morgan fingerprint density at radius 3 is 2.64 bits per heavy atom. The summed E-state index contributed by atoms with van der Waals surface area (Å²) in [5.41, 5.74) is 1.36. The summed E-state index contributed by atoms with van der Waals surface area (Å²) in [6, 6.07) is 0.453. The highest BCUT2D eigenvalue weighted by atomic mass is 16.4. The van der Waals surface area contributed by atoms with Gasteiger partial charge in [0.2, 0.25) is 5.95 Å². The first kappa shape index (κ1) is 14.8. The maximum absolute atomic E-state index is 10.9. The first-order valence-corrected chi connectivity index (χ1v) is 8.84.